The van der Waals surface area contributed by atoms with Crippen molar-refractivity contribution < 1.29 is 13.2 Å². The predicted octanol–water partition coefficient (Wildman–Crippen LogP) is 1.40. The quantitative estimate of drug-likeness (QED) is 0.855. The fourth-order valence-corrected chi connectivity index (χ4v) is 3.77. The minimum absolute atomic E-state index is 0.0931. The van der Waals surface area contributed by atoms with Gasteiger partial charge in [-0.1, -0.05) is 0 Å². The summed E-state index contributed by atoms with van der Waals surface area (Å²) in [6, 6.07) is 7.65. The van der Waals surface area contributed by atoms with Crippen molar-refractivity contribution in [1.82, 2.24) is 19.2 Å². The highest BCUT2D eigenvalue weighted by atomic mass is 32.2. The van der Waals surface area contributed by atoms with E-state index in [4.69, 9.17) is 0 Å². The Hall–Kier alpha value is -2.19. The van der Waals surface area contributed by atoms with E-state index in [1.807, 2.05) is 36.2 Å². The number of hydrogen-bond donors (Lipinski definition) is 1. The molecule has 3 rings (SSSR count). The second-order valence-electron chi connectivity index (χ2n) is 6.88. The van der Waals surface area contributed by atoms with E-state index in [0.717, 1.165) is 24.1 Å². The van der Waals surface area contributed by atoms with Crippen LogP contribution >= 0.6 is 0 Å². The molecule has 3 heterocycles. The second kappa shape index (κ2) is 7.59. The second-order valence-corrected chi connectivity index (χ2v) is 8.71. The number of fused-ring (bicyclic) bond motifs is 1. The normalized spacial score (nSPS) is 17.6. The third kappa shape index (κ3) is 4.70. The number of sulfonamides is 1. The molecule has 1 amide bonds. The van der Waals surface area contributed by atoms with Crippen molar-refractivity contribution in [2.45, 2.75) is 26.4 Å². The van der Waals surface area contributed by atoms with Gasteiger partial charge in [-0.25, -0.2) is 13.1 Å². The molecular weight excluding hydrogens is 352 g/mol. The molecule has 2 aromatic heterocycles. The smallest absolute Gasteiger partial charge is 0.272 e. The molecular formula is C18H24N4O3S. The van der Waals surface area contributed by atoms with Crippen LogP contribution in [0.15, 0.2) is 36.7 Å². The SMILES string of the molecule is Cc1ccnc(C(=O)N2Cc3cccn3CC(CCNS(C)(=O)=O)C2)c1. The number of carbonyl (C=O) groups is 1. The lowest BCUT2D eigenvalue weighted by Crippen LogP contribution is -2.35. The van der Waals surface area contributed by atoms with Gasteiger partial charge in [-0.05, 0) is 49.1 Å². The monoisotopic (exact) mass is 376 g/mol. The van der Waals surface area contributed by atoms with Gasteiger partial charge in [-0.3, -0.25) is 9.78 Å². The predicted molar refractivity (Wildman–Crippen MR) is 99.1 cm³/mol. The number of carbonyl (C=O) groups excluding carboxylic acids is 1. The summed E-state index contributed by atoms with van der Waals surface area (Å²) in [4.78, 5) is 19.0. The van der Waals surface area contributed by atoms with E-state index in [1.165, 1.54) is 0 Å². The molecule has 2 aromatic rings. The van der Waals surface area contributed by atoms with Crippen molar-refractivity contribution in [3.8, 4) is 0 Å². The highest BCUT2D eigenvalue weighted by Crippen LogP contribution is 2.21. The van der Waals surface area contributed by atoms with Gasteiger partial charge in [0.15, 0.2) is 0 Å². The van der Waals surface area contributed by atoms with Gasteiger partial charge in [0, 0.05) is 37.7 Å². The van der Waals surface area contributed by atoms with Crippen molar-refractivity contribution in [2.75, 3.05) is 19.3 Å². The van der Waals surface area contributed by atoms with Crippen molar-refractivity contribution in [3.63, 3.8) is 0 Å². The molecule has 0 saturated heterocycles. The maximum absolute atomic E-state index is 13.0. The summed E-state index contributed by atoms with van der Waals surface area (Å²) in [5.41, 5.74) is 2.51. The Morgan fingerprint density at radius 2 is 2.15 bits per heavy atom. The summed E-state index contributed by atoms with van der Waals surface area (Å²) in [5, 5.41) is 0. The summed E-state index contributed by atoms with van der Waals surface area (Å²) in [6.07, 6.45) is 5.47. The average Bonchev–Trinajstić information content (AvgIpc) is 2.91. The largest absolute Gasteiger partial charge is 0.349 e. The van der Waals surface area contributed by atoms with E-state index >= 15 is 0 Å². The van der Waals surface area contributed by atoms with Crippen molar-refractivity contribution in [1.29, 1.82) is 0 Å². The van der Waals surface area contributed by atoms with Gasteiger partial charge in [0.25, 0.3) is 5.91 Å². The molecule has 0 spiro atoms. The van der Waals surface area contributed by atoms with Crippen LogP contribution in [0.2, 0.25) is 0 Å². The van der Waals surface area contributed by atoms with Gasteiger partial charge in [0.1, 0.15) is 5.69 Å². The molecule has 0 aromatic carbocycles. The molecule has 26 heavy (non-hydrogen) atoms. The molecule has 0 aliphatic carbocycles. The van der Waals surface area contributed by atoms with Gasteiger partial charge in [-0.2, -0.15) is 0 Å². The van der Waals surface area contributed by atoms with Gasteiger partial charge in [0.05, 0.1) is 12.8 Å². The molecule has 0 radical (unpaired) electrons. The third-order valence-electron chi connectivity index (χ3n) is 4.55. The van der Waals surface area contributed by atoms with E-state index < -0.39 is 10.0 Å². The van der Waals surface area contributed by atoms with Crippen LogP contribution in [0.25, 0.3) is 0 Å². The standard InChI is InChI=1S/C18H24N4O3S/c1-14-5-7-19-17(10-14)18(23)22-12-15(6-8-20-26(2,24)25)11-21-9-3-4-16(21)13-22/h3-5,7,9-10,15,20H,6,8,11-13H2,1-2H3. The lowest BCUT2D eigenvalue weighted by molar-refractivity contribution is 0.0712. The number of aromatic nitrogens is 2. The van der Waals surface area contributed by atoms with Crippen LogP contribution < -0.4 is 4.72 Å². The summed E-state index contributed by atoms with van der Waals surface area (Å²) in [6.45, 7) is 4.16. The number of rotatable bonds is 5. The van der Waals surface area contributed by atoms with Crippen LogP contribution in [0.1, 0.15) is 28.2 Å². The zero-order valence-electron chi connectivity index (χ0n) is 15.1. The highest BCUT2D eigenvalue weighted by Gasteiger charge is 2.26. The molecule has 1 unspecified atom stereocenters. The molecule has 8 heteroatoms. The van der Waals surface area contributed by atoms with Gasteiger partial charge in [0.2, 0.25) is 10.0 Å². The van der Waals surface area contributed by atoms with Crippen molar-refractivity contribution in [2.24, 2.45) is 5.92 Å². The summed E-state index contributed by atoms with van der Waals surface area (Å²) in [7, 11) is -3.21. The number of nitrogens with zero attached hydrogens (tertiary/aromatic N) is 3. The zero-order chi connectivity index (χ0) is 18.7. The topological polar surface area (TPSA) is 84.3 Å². The maximum atomic E-state index is 13.0. The van der Waals surface area contributed by atoms with E-state index in [9.17, 15) is 13.2 Å². The van der Waals surface area contributed by atoms with Crippen LogP contribution in [-0.2, 0) is 23.1 Å². The zero-order valence-corrected chi connectivity index (χ0v) is 15.9. The minimum Gasteiger partial charge on any atom is -0.349 e. The first-order chi connectivity index (χ1) is 12.3. The molecule has 1 atom stereocenters. The summed E-state index contributed by atoms with van der Waals surface area (Å²) >= 11 is 0. The Bertz CT molecular complexity index is 891. The minimum atomic E-state index is -3.21. The molecule has 1 aliphatic heterocycles. The Morgan fingerprint density at radius 3 is 2.88 bits per heavy atom. The number of pyridine rings is 1. The summed E-state index contributed by atoms with van der Waals surface area (Å²) < 4.78 is 27.3. The fraction of sp³-hybridized carbons (Fsp3) is 0.444. The van der Waals surface area contributed by atoms with Crippen LogP contribution in [0, 0.1) is 12.8 Å². The van der Waals surface area contributed by atoms with E-state index in [1.54, 1.807) is 12.3 Å². The lowest BCUT2D eigenvalue weighted by Gasteiger charge is -2.24. The molecule has 7 nitrogen and oxygen atoms in total. The molecule has 0 fully saturated rings. The number of nitrogens with one attached hydrogen (secondary N) is 1. The first kappa shape index (κ1) is 18.6. The molecule has 0 bridgehead atoms. The van der Waals surface area contributed by atoms with Crippen LogP contribution in [0.5, 0.6) is 0 Å². The number of amides is 1. The molecule has 1 N–H and O–H groups in total. The third-order valence-corrected chi connectivity index (χ3v) is 5.28. The van der Waals surface area contributed by atoms with Gasteiger partial charge >= 0.3 is 0 Å². The Labute approximate surface area is 154 Å². The Morgan fingerprint density at radius 1 is 1.35 bits per heavy atom. The van der Waals surface area contributed by atoms with Crippen molar-refractivity contribution >= 4 is 15.9 Å². The van der Waals surface area contributed by atoms with E-state index in [-0.39, 0.29) is 11.8 Å². The average molecular weight is 376 g/mol. The Kier molecular flexibility index (Phi) is 5.43. The lowest BCUT2D eigenvalue weighted by atomic mass is 10.1. The molecule has 140 valence electrons. The molecule has 1 aliphatic rings. The van der Waals surface area contributed by atoms with Gasteiger partial charge in [-0.15, -0.1) is 0 Å². The van der Waals surface area contributed by atoms with E-state index in [0.29, 0.717) is 31.7 Å². The highest BCUT2D eigenvalue weighted by molar-refractivity contribution is 7.88. The van der Waals surface area contributed by atoms with Crippen LogP contribution in [0.3, 0.4) is 0 Å². The summed E-state index contributed by atoms with van der Waals surface area (Å²) in [5.74, 6) is 0.0658. The first-order valence-corrected chi connectivity index (χ1v) is 10.5. The van der Waals surface area contributed by atoms with Crippen molar-refractivity contribution in [3.05, 3.63) is 53.6 Å². The fourth-order valence-electron chi connectivity index (χ4n) is 3.28. The number of aryl methyl sites for hydroxylation is 1. The Balaban J connectivity index is 1.78. The molecule has 0 saturated carbocycles. The first-order valence-electron chi connectivity index (χ1n) is 8.62. The van der Waals surface area contributed by atoms with Crippen LogP contribution in [-0.4, -0.2) is 48.1 Å². The number of hydrogen-bond acceptors (Lipinski definition) is 4. The maximum Gasteiger partial charge on any atom is 0.272 e. The van der Waals surface area contributed by atoms with Crippen LogP contribution in [0.4, 0.5) is 0 Å². The van der Waals surface area contributed by atoms with Gasteiger partial charge < -0.3 is 9.47 Å². The van der Waals surface area contributed by atoms with E-state index in [2.05, 4.69) is 14.3 Å².